The van der Waals surface area contributed by atoms with E-state index in [1.54, 1.807) is 17.0 Å². The third-order valence-electron chi connectivity index (χ3n) is 5.68. The molecule has 11 heteroatoms. The minimum atomic E-state index is -0.541. The van der Waals surface area contributed by atoms with Crippen molar-refractivity contribution in [3.63, 3.8) is 0 Å². The Balaban J connectivity index is 1.50. The summed E-state index contributed by atoms with van der Waals surface area (Å²) in [6.07, 6.45) is 0. The number of nitrogens with one attached hydrogen (secondary N) is 1. The lowest BCUT2D eigenvalue weighted by molar-refractivity contribution is -0.135. The van der Waals surface area contributed by atoms with E-state index in [4.69, 9.17) is 21.1 Å². The molecule has 34 heavy (non-hydrogen) atoms. The molecule has 2 aliphatic rings. The Morgan fingerprint density at radius 2 is 1.91 bits per heavy atom. The Labute approximate surface area is 201 Å². The molecule has 0 atom stereocenters. The molecule has 0 bridgehead atoms. The molecule has 1 fully saturated rings. The molecule has 0 aliphatic carbocycles. The number of hydrogen-bond acceptors (Lipinski definition) is 6. The molecule has 4 amide bonds. The van der Waals surface area contributed by atoms with Gasteiger partial charge in [0.1, 0.15) is 24.6 Å². The number of nitrogens with zero attached hydrogens (tertiary/aromatic N) is 3. The smallest absolute Gasteiger partial charge is 0.325 e. The van der Waals surface area contributed by atoms with Crippen molar-refractivity contribution in [3.8, 4) is 11.5 Å². The minimum absolute atomic E-state index is 0.0906. The van der Waals surface area contributed by atoms with Crippen LogP contribution >= 0.6 is 11.6 Å². The number of halogens is 1. The van der Waals surface area contributed by atoms with Crippen molar-refractivity contribution in [2.45, 2.75) is 6.54 Å². The fourth-order valence-electron chi connectivity index (χ4n) is 3.94. The van der Waals surface area contributed by atoms with Crippen LogP contribution in [0.2, 0.25) is 5.02 Å². The molecule has 2 aliphatic heterocycles. The first kappa shape index (κ1) is 23.7. The summed E-state index contributed by atoms with van der Waals surface area (Å²) in [4.78, 5) is 43.3. The molecular formula is C23H25ClN4O6. The van der Waals surface area contributed by atoms with Gasteiger partial charge in [0.2, 0.25) is 11.8 Å². The Bertz CT molecular complexity index is 1100. The van der Waals surface area contributed by atoms with Crippen molar-refractivity contribution in [1.29, 1.82) is 0 Å². The number of urea groups is 1. The van der Waals surface area contributed by atoms with Gasteiger partial charge in [0, 0.05) is 19.2 Å². The van der Waals surface area contributed by atoms with Crippen molar-refractivity contribution in [3.05, 3.63) is 47.0 Å². The van der Waals surface area contributed by atoms with Gasteiger partial charge in [-0.25, -0.2) is 4.79 Å². The predicted octanol–water partition coefficient (Wildman–Crippen LogP) is 2.29. The van der Waals surface area contributed by atoms with Gasteiger partial charge in [-0.3, -0.25) is 14.5 Å². The van der Waals surface area contributed by atoms with Crippen LogP contribution in [0.1, 0.15) is 5.56 Å². The number of anilines is 2. The lowest BCUT2D eigenvalue weighted by atomic mass is 10.1. The number of phenolic OH excluding ortho intramolecular Hbond substituents is 1. The van der Waals surface area contributed by atoms with Gasteiger partial charge < -0.3 is 29.7 Å². The zero-order valence-electron chi connectivity index (χ0n) is 18.6. The summed E-state index contributed by atoms with van der Waals surface area (Å²) in [6, 6.07) is 9.43. The van der Waals surface area contributed by atoms with E-state index in [1.165, 1.54) is 29.0 Å². The highest BCUT2D eigenvalue weighted by molar-refractivity contribution is 6.32. The summed E-state index contributed by atoms with van der Waals surface area (Å²) in [5.74, 6) is -0.671. The van der Waals surface area contributed by atoms with E-state index in [0.29, 0.717) is 32.0 Å². The van der Waals surface area contributed by atoms with Gasteiger partial charge in [-0.15, -0.1) is 0 Å². The topological polar surface area (TPSA) is 112 Å². The second kappa shape index (κ2) is 10.2. The number of benzene rings is 2. The summed E-state index contributed by atoms with van der Waals surface area (Å²) < 4.78 is 10.3. The molecule has 4 rings (SSSR count). The van der Waals surface area contributed by atoms with Crippen LogP contribution < -0.4 is 15.0 Å². The van der Waals surface area contributed by atoms with E-state index in [2.05, 4.69) is 5.32 Å². The van der Waals surface area contributed by atoms with Crippen LogP contribution in [0, 0.1) is 0 Å². The molecule has 2 N–H and O–H groups in total. The van der Waals surface area contributed by atoms with Gasteiger partial charge >= 0.3 is 6.03 Å². The number of morpholine rings is 1. The maximum Gasteiger partial charge on any atom is 0.325 e. The van der Waals surface area contributed by atoms with Crippen LogP contribution in [0.15, 0.2) is 36.4 Å². The molecule has 0 spiro atoms. The fraction of sp³-hybridized carbons (Fsp3) is 0.348. The van der Waals surface area contributed by atoms with Gasteiger partial charge in [0.25, 0.3) is 0 Å². The molecule has 2 aromatic rings. The SMILES string of the molecule is COc1cc(O)c(NC(=O)CN2C(=O)N(CC(=O)N3CCOCC3)Cc3ccccc32)cc1Cl. The number of hydrogen-bond donors (Lipinski definition) is 2. The van der Waals surface area contributed by atoms with Crippen LogP contribution in [0.5, 0.6) is 11.5 Å². The molecule has 0 saturated carbocycles. The number of para-hydroxylation sites is 1. The molecule has 1 saturated heterocycles. The van der Waals surface area contributed by atoms with E-state index in [9.17, 15) is 19.5 Å². The van der Waals surface area contributed by atoms with Gasteiger partial charge in [-0.2, -0.15) is 0 Å². The number of rotatable bonds is 6. The number of fused-ring (bicyclic) bond motifs is 1. The Morgan fingerprint density at radius 3 is 2.65 bits per heavy atom. The Hall–Kier alpha value is -3.50. The van der Waals surface area contributed by atoms with Crippen molar-refractivity contribution in [2.75, 3.05) is 56.7 Å². The van der Waals surface area contributed by atoms with E-state index < -0.39 is 11.9 Å². The molecule has 2 aromatic carbocycles. The van der Waals surface area contributed by atoms with Crippen molar-refractivity contribution < 1.29 is 29.0 Å². The van der Waals surface area contributed by atoms with Crippen molar-refractivity contribution in [1.82, 2.24) is 9.80 Å². The number of carbonyl (C=O) groups is 3. The zero-order valence-corrected chi connectivity index (χ0v) is 19.4. The molecule has 2 heterocycles. The van der Waals surface area contributed by atoms with Crippen molar-refractivity contribution >= 4 is 40.8 Å². The second-order valence-corrected chi connectivity index (χ2v) is 8.31. The van der Waals surface area contributed by atoms with Gasteiger partial charge in [-0.05, 0) is 17.7 Å². The van der Waals surface area contributed by atoms with E-state index >= 15 is 0 Å². The zero-order chi connectivity index (χ0) is 24.2. The number of methoxy groups -OCH3 is 1. The molecule has 10 nitrogen and oxygen atoms in total. The first-order valence-electron chi connectivity index (χ1n) is 10.7. The Kier molecular flexibility index (Phi) is 7.09. The van der Waals surface area contributed by atoms with E-state index in [-0.39, 0.29) is 47.8 Å². The highest BCUT2D eigenvalue weighted by Crippen LogP contribution is 2.35. The quantitative estimate of drug-likeness (QED) is 0.603. The summed E-state index contributed by atoms with van der Waals surface area (Å²) >= 11 is 6.10. The van der Waals surface area contributed by atoms with E-state index in [0.717, 1.165) is 5.56 Å². The van der Waals surface area contributed by atoms with Crippen LogP contribution in [0.4, 0.5) is 16.2 Å². The molecule has 0 radical (unpaired) electrons. The minimum Gasteiger partial charge on any atom is -0.506 e. The van der Waals surface area contributed by atoms with Crippen LogP contribution in [0.3, 0.4) is 0 Å². The summed E-state index contributed by atoms with van der Waals surface area (Å²) in [5, 5.41) is 13.0. The molecule has 0 unspecified atom stereocenters. The van der Waals surface area contributed by atoms with Gasteiger partial charge in [0.05, 0.1) is 43.3 Å². The highest BCUT2D eigenvalue weighted by atomic mass is 35.5. The number of aromatic hydroxyl groups is 1. The normalized spacial score (nSPS) is 15.7. The maximum absolute atomic E-state index is 13.3. The van der Waals surface area contributed by atoms with Crippen LogP contribution in [-0.2, 0) is 20.9 Å². The Morgan fingerprint density at radius 1 is 1.18 bits per heavy atom. The fourth-order valence-corrected chi connectivity index (χ4v) is 4.18. The average molecular weight is 489 g/mol. The molecular weight excluding hydrogens is 464 g/mol. The third kappa shape index (κ3) is 5.02. The monoisotopic (exact) mass is 488 g/mol. The van der Waals surface area contributed by atoms with Gasteiger partial charge in [0.15, 0.2) is 0 Å². The van der Waals surface area contributed by atoms with Crippen molar-refractivity contribution in [2.24, 2.45) is 0 Å². The largest absolute Gasteiger partial charge is 0.506 e. The summed E-state index contributed by atoms with van der Waals surface area (Å²) in [5.41, 5.74) is 1.50. The lowest BCUT2D eigenvalue weighted by Crippen LogP contribution is -2.53. The average Bonchev–Trinajstić information content (AvgIpc) is 2.84. The maximum atomic E-state index is 13.3. The number of ether oxygens (including phenoxy) is 2. The third-order valence-corrected chi connectivity index (χ3v) is 5.98. The van der Waals surface area contributed by atoms with Gasteiger partial charge in [-0.1, -0.05) is 29.8 Å². The first-order chi connectivity index (χ1) is 16.4. The van der Waals surface area contributed by atoms with Crippen LogP contribution in [0.25, 0.3) is 0 Å². The standard InChI is InChI=1S/C23H25ClN4O6/c1-33-20-11-19(29)17(10-16(20)24)25-21(30)13-28-18-5-3-2-4-15(18)12-27(23(28)32)14-22(31)26-6-8-34-9-7-26/h2-5,10-11,29H,6-9,12-14H2,1H3,(H,25,30). The molecule has 0 aromatic heterocycles. The lowest BCUT2D eigenvalue weighted by Gasteiger charge is -2.37. The first-order valence-corrected chi connectivity index (χ1v) is 11.1. The summed E-state index contributed by atoms with van der Waals surface area (Å²) in [7, 11) is 1.41. The predicted molar refractivity (Wildman–Crippen MR) is 125 cm³/mol. The number of phenols is 1. The number of amides is 4. The van der Waals surface area contributed by atoms with Crippen LogP contribution in [-0.4, -0.2) is 79.3 Å². The number of carbonyl (C=O) groups excluding carboxylic acids is 3. The second-order valence-electron chi connectivity index (χ2n) is 7.90. The summed E-state index contributed by atoms with van der Waals surface area (Å²) in [6.45, 7) is 1.75. The van der Waals surface area contributed by atoms with E-state index in [1.807, 2.05) is 12.1 Å². The molecule has 180 valence electrons. The highest BCUT2D eigenvalue weighted by Gasteiger charge is 2.33.